The number of alkyl halides is 2. The highest BCUT2D eigenvalue weighted by Crippen LogP contribution is 2.25. The maximum Gasteiger partial charge on any atom is 0.256 e. The Morgan fingerprint density at radius 1 is 1.31 bits per heavy atom. The van der Waals surface area contributed by atoms with E-state index in [4.69, 9.17) is 0 Å². The number of likely N-dealkylation sites (tertiary alicyclic amines) is 1. The maximum atomic E-state index is 12.7. The summed E-state index contributed by atoms with van der Waals surface area (Å²) < 4.78 is 25.5. The van der Waals surface area contributed by atoms with Crippen molar-refractivity contribution in [3.05, 3.63) is 35.9 Å². The largest absolute Gasteiger partial charge is 0.391 e. The predicted octanol–water partition coefficient (Wildman–Crippen LogP) is 1.89. The molecule has 16 heavy (non-hydrogen) atoms. The van der Waals surface area contributed by atoms with Crippen LogP contribution in [0.15, 0.2) is 30.3 Å². The Hall–Kier alpha value is -1.00. The summed E-state index contributed by atoms with van der Waals surface area (Å²) in [5, 5.41) is 9.49. The van der Waals surface area contributed by atoms with Crippen LogP contribution in [0.3, 0.4) is 0 Å². The van der Waals surface area contributed by atoms with E-state index >= 15 is 0 Å². The fourth-order valence-corrected chi connectivity index (χ4v) is 2.19. The summed E-state index contributed by atoms with van der Waals surface area (Å²) in [6, 6.07) is 8.48. The number of aliphatic hydroxyl groups excluding tert-OH is 1. The molecule has 0 saturated carbocycles. The molecule has 1 fully saturated rings. The van der Waals surface area contributed by atoms with Gasteiger partial charge in [0.2, 0.25) is 0 Å². The van der Waals surface area contributed by atoms with Gasteiger partial charge in [-0.25, -0.2) is 8.78 Å². The summed E-state index contributed by atoms with van der Waals surface area (Å²) in [5.41, 5.74) is 1.00. The van der Waals surface area contributed by atoms with E-state index in [1.54, 1.807) is 4.90 Å². The minimum Gasteiger partial charge on any atom is -0.391 e. The molecule has 1 aromatic carbocycles. The molecular formula is C12H15F2NO. The van der Waals surface area contributed by atoms with Gasteiger partial charge in [0, 0.05) is 13.1 Å². The van der Waals surface area contributed by atoms with Crippen molar-refractivity contribution in [3.63, 3.8) is 0 Å². The van der Waals surface area contributed by atoms with Crippen LogP contribution >= 0.6 is 0 Å². The quantitative estimate of drug-likeness (QED) is 0.852. The van der Waals surface area contributed by atoms with Crippen molar-refractivity contribution in [2.75, 3.05) is 6.54 Å². The zero-order valence-electron chi connectivity index (χ0n) is 8.89. The Labute approximate surface area is 93.5 Å². The van der Waals surface area contributed by atoms with Gasteiger partial charge in [0.1, 0.15) is 0 Å². The van der Waals surface area contributed by atoms with Gasteiger partial charge in [0.25, 0.3) is 6.43 Å². The van der Waals surface area contributed by atoms with Gasteiger partial charge in [-0.3, -0.25) is 4.90 Å². The number of halogens is 2. The number of rotatable bonds is 3. The smallest absolute Gasteiger partial charge is 0.256 e. The topological polar surface area (TPSA) is 23.5 Å². The lowest BCUT2D eigenvalue weighted by atomic mass is 10.1. The van der Waals surface area contributed by atoms with Gasteiger partial charge in [0.15, 0.2) is 0 Å². The van der Waals surface area contributed by atoms with Crippen molar-refractivity contribution >= 4 is 0 Å². The van der Waals surface area contributed by atoms with Crippen LogP contribution < -0.4 is 0 Å². The average molecular weight is 227 g/mol. The van der Waals surface area contributed by atoms with Crippen molar-refractivity contribution in [3.8, 4) is 0 Å². The molecule has 0 radical (unpaired) electrons. The molecule has 88 valence electrons. The van der Waals surface area contributed by atoms with E-state index in [9.17, 15) is 13.9 Å². The monoisotopic (exact) mass is 227 g/mol. The highest BCUT2D eigenvalue weighted by Gasteiger charge is 2.39. The van der Waals surface area contributed by atoms with E-state index < -0.39 is 18.6 Å². The van der Waals surface area contributed by atoms with Gasteiger partial charge in [-0.2, -0.15) is 0 Å². The third kappa shape index (κ3) is 2.39. The predicted molar refractivity (Wildman–Crippen MR) is 57.3 cm³/mol. The van der Waals surface area contributed by atoms with Crippen LogP contribution in [0.25, 0.3) is 0 Å². The number of nitrogens with zero attached hydrogens (tertiary/aromatic N) is 1. The van der Waals surface area contributed by atoms with Crippen LogP contribution in [-0.2, 0) is 6.54 Å². The van der Waals surface area contributed by atoms with Crippen molar-refractivity contribution < 1.29 is 13.9 Å². The minimum atomic E-state index is -2.48. The Kier molecular flexibility index (Phi) is 3.51. The maximum absolute atomic E-state index is 12.7. The van der Waals surface area contributed by atoms with Crippen molar-refractivity contribution in [1.82, 2.24) is 4.90 Å². The highest BCUT2D eigenvalue weighted by atomic mass is 19.3. The molecule has 2 unspecified atom stereocenters. The first-order chi connectivity index (χ1) is 7.68. The van der Waals surface area contributed by atoms with Gasteiger partial charge in [-0.05, 0) is 12.0 Å². The first kappa shape index (κ1) is 11.5. The molecule has 1 aliphatic rings. The van der Waals surface area contributed by atoms with Gasteiger partial charge < -0.3 is 5.11 Å². The van der Waals surface area contributed by atoms with Gasteiger partial charge in [0.05, 0.1) is 12.1 Å². The second-order valence-electron chi connectivity index (χ2n) is 4.14. The van der Waals surface area contributed by atoms with E-state index in [1.807, 2.05) is 30.3 Å². The number of aliphatic hydroxyl groups is 1. The molecule has 2 nitrogen and oxygen atoms in total. The second kappa shape index (κ2) is 4.89. The lowest BCUT2D eigenvalue weighted by Gasteiger charge is -2.25. The third-order valence-electron chi connectivity index (χ3n) is 3.01. The Morgan fingerprint density at radius 2 is 2.00 bits per heavy atom. The Balaban J connectivity index is 2.05. The van der Waals surface area contributed by atoms with Crippen molar-refractivity contribution in [2.45, 2.75) is 31.5 Å². The summed E-state index contributed by atoms with van der Waals surface area (Å²) in [5.74, 6) is 0. The van der Waals surface area contributed by atoms with E-state index in [0.717, 1.165) is 5.56 Å². The molecule has 0 amide bonds. The normalized spacial score (nSPS) is 26.5. The molecule has 0 spiro atoms. The van der Waals surface area contributed by atoms with Gasteiger partial charge in [-0.1, -0.05) is 30.3 Å². The molecule has 4 heteroatoms. The molecule has 0 aliphatic carbocycles. The second-order valence-corrected chi connectivity index (χ2v) is 4.14. The van der Waals surface area contributed by atoms with Crippen LogP contribution in [0.2, 0.25) is 0 Å². The lowest BCUT2D eigenvalue weighted by Crippen LogP contribution is -2.40. The van der Waals surface area contributed by atoms with Crippen LogP contribution in [0, 0.1) is 0 Å². The van der Waals surface area contributed by atoms with Crippen LogP contribution in [0.5, 0.6) is 0 Å². The summed E-state index contributed by atoms with van der Waals surface area (Å²) in [6.45, 7) is 1.01. The van der Waals surface area contributed by atoms with Crippen LogP contribution in [0.4, 0.5) is 8.78 Å². The van der Waals surface area contributed by atoms with Crippen molar-refractivity contribution in [2.24, 2.45) is 0 Å². The molecule has 1 aromatic rings. The van der Waals surface area contributed by atoms with Crippen LogP contribution in [-0.4, -0.2) is 35.1 Å². The highest BCUT2D eigenvalue weighted by molar-refractivity contribution is 5.15. The number of benzene rings is 1. The fraction of sp³-hybridized carbons (Fsp3) is 0.500. The number of hydrogen-bond donors (Lipinski definition) is 1. The fourth-order valence-electron chi connectivity index (χ4n) is 2.19. The Bertz CT molecular complexity index is 331. The molecular weight excluding hydrogens is 212 g/mol. The van der Waals surface area contributed by atoms with E-state index in [2.05, 4.69) is 0 Å². The zero-order valence-corrected chi connectivity index (χ0v) is 8.89. The van der Waals surface area contributed by atoms with Crippen molar-refractivity contribution in [1.29, 1.82) is 0 Å². The first-order valence-corrected chi connectivity index (χ1v) is 5.42. The molecule has 1 saturated heterocycles. The standard InChI is InChI=1S/C12H15F2NO/c13-12(14)11-10(16)6-7-15(11)8-9-4-2-1-3-5-9/h1-5,10-12,16H,6-8H2. The van der Waals surface area contributed by atoms with E-state index in [0.29, 0.717) is 19.5 Å². The number of hydrogen-bond acceptors (Lipinski definition) is 2. The molecule has 1 heterocycles. The molecule has 2 atom stereocenters. The molecule has 0 bridgehead atoms. The minimum absolute atomic E-state index is 0.432. The molecule has 1 aliphatic heterocycles. The first-order valence-electron chi connectivity index (χ1n) is 5.42. The van der Waals surface area contributed by atoms with Gasteiger partial charge in [-0.15, -0.1) is 0 Å². The summed E-state index contributed by atoms with van der Waals surface area (Å²) in [4.78, 5) is 1.66. The van der Waals surface area contributed by atoms with E-state index in [-0.39, 0.29) is 0 Å². The molecule has 2 rings (SSSR count). The SMILES string of the molecule is OC1CCN(Cc2ccccc2)C1C(F)F. The summed E-state index contributed by atoms with van der Waals surface area (Å²) in [7, 11) is 0. The summed E-state index contributed by atoms with van der Waals surface area (Å²) in [6.07, 6.45) is -2.95. The van der Waals surface area contributed by atoms with Crippen LogP contribution in [0.1, 0.15) is 12.0 Å². The Morgan fingerprint density at radius 3 is 2.62 bits per heavy atom. The molecule has 0 aromatic heterocycles. The van der Waals surface area contributed by atoms with E-state index in [1.165, 1.54) is 0 Å². The van der Waals surface area contributed by atoms with Gasteiger partial charge >= 0.3 is 0 Å². The average Bonchev–Trinajstić information content (AvgIpc) is 2.61. The zero-order chi connectivity index (χ0) is 11.5. The lowest BCUT2D eigenvalue weighted by molar-refractivity contribution is -0.00781. The summed E-state index contributed by atoms with van der Waals surface area (Å²) >= 11 is 0. The third-order valence-corrected chi connectivity index (χ3v) is 3.01. The molecule has 1 N–H and O–H groups in total.